The Labute approximate surface area is 416 Å². The van der Waals surface area contributed by atoms with Gasteiger partial charge < -0.3 is 14.2 Å². The summed E-state index contributed by atoms with van der Waals surface area (Å²) in [5, 5.41) is 0. The van der Waals surface area contributed by atoms with Gasteiger partial charge in [0.05, 0.1) is 0 Å². The fourth-order valence-corrected chi connectivity index (χ4v) is 8.44. The summed E-state index contributed by atoms with van der Waals surface area (Å²) in [4.78, 5) is 38.1. The van der Waals surface area contributed by atoms with Crippen LogP contribution in [0.5, 0.6) is 0 Å². The maximum absolute atomic E-state index is 12.8. The standard InChI is InChI=1S/C61H110O6/c1-4-7-10-13-16-19-22-24-26-28-29-30-31-33-35-37-40-42-45-48-51-54-60(63)66-57-58(67-61(64)55-52-49-46-43-38-21-18-15-12-9-6-3)56-65-59(62)53-50-47-44-41-39-36-34-32-27-25-23-20-17-14-11-8-5-2/h17,20,25,27,34,36,41,44,58H,4-16,18-19,21-24,26,28-33,35,37-40,42-43,45-57H2,1-3H3/b20-17-,27-25-,36-34-,44-41-/t58-/m1/s1. The van der Waals surface area contributed by atoms with Gasteiger partial charge >= 0.3 is 17.9 Å². The molecule has 0 bridgehead atoms. The van der Waals surface area contributed by atoms with Crippen LogP contribution in [-0.4, -0.2) is 37.2 Å². The highest BCUT2D eigenvalue weighted by Gasteiger charge is 2.19. The second-order valence-electron chi connectivity index (χ2n) is 19.6. The molecule has 0 aromatic carbocycles. The van der Waals surface area contributed by atoms with Crippen molar-refractivity contribution in [3.05, 3.63) is 48.6 Å². The van der Waals surface area contributed by atoms with E-state index in [1.54, 1.807) is 0 Å². The van der Waals surface area contributed by atoms with Crippen LogP contribution < -0.4 is 0 Å². The Bertz CT molecular complexity index is 1170. The van der Waals surface area contributed by atoms with Crippen LogP contribution in [0.15, 0.2) is 48.6 Å². The highest BCUT2D eigenvalue weighted by molar-refractivity contribution is 5.71. The molecule has 67 heavy (non-hydrogen) atoms. The first kappa shape index (κ1) is 64.4. The lowest BCUT2D eigenvalue weighted by Gasteiger charge is -2.18. The zero-order chi connectivity index (χ0) is 48.6. The molecule has 0 unspecified atom stereocenters. The number of esters is 3. The van der Waals surface area contributed by atoms with Gasteiger partial charge in [0.15, 0.2) is 6.10 Å². The van der Waals surface area contributed by atoms with Crippen molar-refractivity contribution in [3.63, 3.8) is 0 Å². The molecule has 390 valence electrons. The van der Waals surface area contributed by atoms with E-state index in [1.807, 2.05) is 0 Å². The fraction of sp³-hybridized carbons (Fsp3) is 0.820. The SMILES string of the molecule is CCCCC/C=C\C/C=C\C/C=C\C/C=C\CCCC(=O)OC[C@H](COC(=O)CCCCCCCCCCCCCCCCCCCCCCC)OC(=O)CCCCCCCCCCCCC. The lowest BCUT2D eigenvalue weighted by Crippen LogP contribution is -2.30. The van der Waals surface area contributed by atoms with Crippen molar-refractivity contribution >= 4 is 17.9 Å². The first-order valence-electron chi connectivity index (χ1n) is 29.1. The van der Waals surface area contributed by atoms with E-state index in [4.69, 9.17) is 14.2 Å². The number of carbonyl (C=O) groups excluding carboxylic acids is 3. The Morgan fingerprint density at radius 2 is 0.552 bits per heavy atom. The van der Waals surface area contributed by atoms with Crippen LogP contribution in [0, 0.1) is 0 Å². The van der Waals surface area contributed by atoms with Gasteiger partial charge in [-0.25, -0.2) is 0 Å². The predicted octanol–water partition coefficient (Wildman–Crippen LogP) is 19.4. The summed E-state index contributed by atoms with van der Waals surface area (Å²) in [6.45, 7) is 6.59. The van der Waals surface area contributed by atoms with Gasteiger partial charge in [-0.15, -0.1) is 0 Å². The quantitative estimate of drug-likeness (QED) is 0.0262. The Kier molecular flexibility index (Phi) is 53.8. The van der Waals surface area contributed by atoms with Crippen molar-refractivity contribution in [1.82, 2.24) is 0 Å². The first-order valence-corrected chi connectivity index (χ1v) is 29.1. The van der Waals surface area contributed by atoms with Crippen molar-refractivity contribution in [2.45, 2.75) is 309 Å². The zero-order valence-electron chi connectivity index (χ0n) is 44.7. The molecule has 0 aliphatic heterocycles. The van der Waals surface area contributed by atoms with Crippen LogP contribution in [0.3, 0.4) is 0 Å². The Morgan fingerprint density at radius 3 is 0.896 bits per heavy atom. The van der Waals surface area contributed by atoms with E-state index in [9.17, 15) is 14.4 Å². The fourth-order valence-electron chi connectivity index (χ4n) is 8.44. The number of carbonyl (C=O) groups is 3. The third-order valence-corrected chi connectivity index (χ3v) is 12.8. The van der Waals surface area contributed by atoms with E-state index in [0.717, 1.165) is 64.2 Å². The van der Waals surface area contributed by atoms with E-state index in [-0.39, 0.29) is 37.5 Å². The van der Waals surface area contributed by atoms with Gasteiger partial charge in [-0.3, -0.25) is 14.4 Å². The van der Waals surface area contributed by atoms with Crippen LogP contribution in [0.1, 0.15) is 303 Å². The Balaban J connectivity index is 4.32. The van der Waals surface area contributed by atoms with E-state index in [1.165, 1.54) is 193 Å². The highest BCUT2D eigenvalue weighted by atomic mass is 16.6. The average molecular weight is 940 g/mol. The van der Waals surface area contributed by atoms with Gasteiger partial charge in [-0.2, -0.15) is 0 Å². The first-order chi connectivity index (χ1) is 33.0. The molecule has 0 aromatic rings. The van der Waals surface area contributed by atoms with Crippen molar-refractivity contribution in [3.8, 4) is 0 Å². The monoisotopic (exact) mass is 939 g/mol. The van der Waals surface area contributed by atoms with Crippen LogP contribution in [0.25, 0.3) is 0 Å². The van der Waals surface area contributed by atoms with Gasteiger partial charge in [0.2, 0.25) is 0 Å². The molecule has 0 aromatic heterocycles. The van der Waals surface area contributed by atoms with Gasteiger partial charge in [-0.05, 0) is 57.8 Å². The zero-order valence-corrected chi connectivity index (χ0v) is 44.7. The molecule has 0 fully saturated rings. The molecule has 0 saturated carbocycles. The van der Waals surface area contributed by atoms with E-state index >= 15 is 0 Å². The van der Waals surface area contributed by atoms with Crippen LogP contribution in [0.4, 0.5) is 0 Å². The largest absolute Gasteiger partial charge is 0.462 e. The van der Waals surface area contributed by atoms with Crippen molar-refractivity contribution in [2.75, 3.05) is 13.2 Å². The maximum atomic E-state index is 12.8. The predicted molar refractivity (Wildman–Crippen MR) is 289 cm³/mol. The number of ether oxygens (including phenoxy) is 3. The van der Waals surface area contributed by atoms with Crippen LogP contribution >= 0.6 is 0 Å². The van der Waals surface area contributed by atoms with Crippen molar-refractivity contribution in [1.29, 1.82) is 0 Å². The summed E-state index contributed by atoms with van der Waals surface area (Å²) in [5.41, 5.74) is 0. The molecule has 0 aliphatic carbocycles. The molecule has 0 amide bonds. The number of hydrogen-bond acceptors (Lipinski definition) is 6. The summed E-state index contributed by atoms with van der Waals surface area (Å²) in [7, 11) is 0. The smallest absolute Gasteiger partial charge is 0.306 e. The number of hydrogen-bond donors (Lipinski definition) is 0. The van der Waals surface area contributed by atoms with E-state index < -0.39 is 6.10 Å². The molecule has 0 aliphatic rings. The number of rotatable bonds is 53. The van der Waals surface area contributed by atoms with Crippen LogP contribution in [-0.2, 0) is 28.6 Å². The number of allylic oxidation sites excluding steroid dienone is 8. The normalized spacial score (nSPS) is 12.3. The van der Waals surface area contributed by atoms with Crippen LogP contribution in [0.2, 0.25) is 0 Å². The Morgan fingerprint density at radius 1 is 0.299 bits per heavy atom. The molecule has 0 radical (unpaired) electrons. The summed E-state index contributed by atoms with van der Waals surface area (Å²) in [5.74, 6) is -0.930. The summed E-state index contributed by atoms with van der Waals surface area (Å²) < 4.78 is 16.8. The molecular formula is C61H110O6. The second kappa shape index (κ2) is 56.0. The van der Waals surface area contributed by atoms with Gasteiger partial charge in [-0.1, -0.05) is 275 Å². The lowest BCUT2D eigenvalue weighted by atomic mass is 10.0. The summed E-state index contributed by atoms with van der Waals surface area (Å²) in [6.07, 6.45) is 68.3. The molecule has 0 spiro atoms. The molecule has 0 heterocycles. The molecule has 0 saturated heterocycles. The molecule has 6 nitrogen and oxygen atoms in total. The number of unbranched alkanes of at least 4 members (excludes halogenated alkanes) is 34. The molecule has 1 atom stereocenters. The summed E-state index contributed by atoms with van der Waals surface area (Å²) >= 11 is 0. The minimum Gasteiger partial charge on any atom is -0.462 e. The lowest BCUT2D eigenvalue weighted by molar-refractivity contribution is -0.167. The van der Waals surface area contributed by atoms with Gasteiger partial charge in [0.25, 0.3) is 0 Å². The second-order valence-corrected chi connectivity index (χ2v) is 19.6. The topological polar surface area (TPSA) is 78.9 Å². The Hall–Kier alpha value is -2.63. The van der Waals surface area contributed by atoms with Gasteiger partial charge in [0.1, 0.15) is 13.2 Å². The van der Waals surface area contributed by atoms with E-state index in [2.05, 4.69) is 69.4 Å². The average Bonchev–Trinajstić information content (AvgIpc) is 3.33. The van der Waals surface area contributed by atoms with Crippen molar-refractivity contribution in [2.24, 2.45) is 0 Å². The minimum atomic E-state index is -0.790. The van der Waals surface area contributed by atoms with Gasteiger partial charge in [0, 0.05) is 19.3 Å². The molecule has 0 rings (SSSR count). The summed E-state index contributed by atoms with van der Waals surface area (Å²) in [6, 6.07) is 0. The third kappa shape index (κ3) is 54.2. The third-order valence-electron chi connectivity index (χ3n) is 12.8. The molecule has 0 N–H and O–H groups in total. The maximum Gasteiger partial charge on any atom is 0.306 e. The molecular weight excluding hydrogens is 829 g/mol. The molecule has 6 heteroatoms. The van der Waals surface area contributed by atoms with Crippen molar-refractivity contribution < 1.29 is 28.6 Å². The highest BCUT2D eigenvalue weighted by Crippen LogP contribution is 2.17. The minimum absolute atomic E-state index is 0.0857. The van der Waals surface area contributed by atoms with E-state index in [0.29, 0.717) is 19.3 Å².